The van der Waals surface area contributed by atoms with Gasteiger partial charge in [0.25, 0.3) is 0 Å². The van der Waals surface area contributed by atoms with Gasteiger partial charge < -0.3 is 25.4 Å². The number of hydrogen-bond donors (Lipinski definition) is 3. The Bertz CT molecular complexity index is 1220. The van der Waals surface area contributed by atoms with E-state index in [9.17, 15) is 24.3 Å². The summed E-state index contributed by atoms with van der Waals surface area (Å²) in [6.45, 7) is 0.380. The molecule has 2 atom stereocenters. The topological polar surface area (TPSA) is 125 Å². The molecule has 2 aromatic carbocycles. The minimum atomic E-state index is -1.29. The second-order valence-electron chi connectivity index (χ2n) is 10.7. The van der Waals surface area contributed by atoms with Crippen LogP contribution in [0.15, 0.2) is 48.5 Å². The van der Waals surface area contributed by atoms with Gasteiger partial charge in [-0.3, -0.25) is 9.59 Å². The van der Waals surface area contributed by atoms with Crippen molar-refractivity contribution in [2.24, 2.45) is 5.92 Å². The monoisotopic (exact) mass is 619 g/mol. The molecule has 0 bridgehead atoms. The summed E-state index contributed by atoms with van der Waals surface area (Å²) in [5.74, 6) is -1.90. The summed E-state index contributed by atoms with van der Waals surface area (Å²) in [4.78, 5) is 52.2. The van der Waals surface area contributed by atoms with E-state index in [-0.39, 0.29) is 31.3 Å². The number of halogens is 2. The summed E-state index contributed by atoms with van der Waals surface area (Å²) in [7, 11) is 1.65. The van der Waals surface area contributed by atoms with Crippen LogP contribution in [0, 0.1) is 5.92 Å². The van der Waals surface area contributed by atoms with Crippen molar-refractivity contribution in [3.8, 4) is 0 Å². The van der Waals surface area contributed by atoms with E-state index in [1.165, 1.54) is 4.90 Å². The second kappa shape index (κ2) is 17.0. The summed E-state index contributed by atoms with van der Waals surface area (Å²) in [6.07, 6.45) is 5.06. The number of carbonyl (C=O) groups excluding carboxylic acids is 3. The number of carboxylic acids is 1. The lowest BCUT2D eigenvalue weighted by Gasteiger charge is -2.27. The van der Waals surface area contributed by atoms with Gasteiger partial charge in [-0.15, -0.1) is 0 Å². The molecule has 3 rings (SSSR count). The standard InChI is InChI=1S/C31H39Cl2N3O6/c1-36(17-16-23-11-5-6-13-25(23)33)28(37)15-14-26(30(39)40)34-29(38)27(19-21-8-3-2-4-9-21)35-31(41)42-20-22-10-7-12-24(32)18-22/h5-7,10-13,18,21,26-27H,2-4,8-9,14-17,19-20H2,1H3,(H,34,38)(H,35,41)(H,39,40)/t26-,27-/m0/s1. The number of likely N-dealkylation sites (N-methyl/N-ethyl adjacent to an activating group) is 1. The van der Waals surface area contributed by atoms with E-state index >= 15 is 0 Å². The van der Waals surface area contributed by atoms with Gasteiger partial charge in [-0.05, 0) is 54.5 Å². The molecule has 0 radical (unpaired) electrons. The molecule has 2 aromatic rings. The zero-order valence-corrected chi connectivity index (χ0v) is 25.3. The highest BCUT2D eigenvalue weighted by atomic mass is 35.5. The van der Waals surface area contributed by atoms with E-state index < -0.39 is 30.1 Å². The summed E-state index contributed by atoms with van der Waals surface area (Å²) in [5, 5.41) is 16.1. The van der Waals surface area contributed by atoms with Crippen molar-refractivity contribution < 1.29 is 29.0 Å². The van der Waals surface area contributed by atoms with E-state index in [0.29, 0.717) is 35.0 Å². The van der Waals surface area contributed by atoms with Crippen LogP contribution in [0.2, 0.25) is 10.0 Å². The van der Waals surface area contributed by atoms with Crippen molar-refractivity contribution in [1.29, 1.82) is 0 Å². The third-order valence-electron chi connectivity index (χ3n) is 7.52. The Balaban J connectivity index is 1.56. The Kier molecular flexibility index (Phi) is 13.4. The molecule has 1 aliphatic carbocycles. The number of alkyl carbamates (subject to hydrolysis) is 1. The maximum absolute atomic E-state index is 13.3. The first-order valence-corrected chi connectivity index (χ1v) is 15.1. The molecular formula is C31H39Cl2N3O6. The summed E-state index contributed by atoms with van der Waals surface area (Å²) >= 11 is 12.2. The van der Waals surface area contributed by atoms with E-state index in [1.54, 1.807) is 37.4 Å². The normalized spacial score (nSPS) is 14.8. The maximum atomic E-state index is 13.3. The third kappa shape index (κ3) is 11.2. The number of ether oxygens (including phenoxy) is 1. The average molecular weight is 621 g/mol. The second-order valence-corrected chi connectivity index (χ2v) is 11.6. The van der Waals surface area contributed by atoms with E-state index in [0.717, 1.165) is 37.7 Å². The zero-order valence-electron chi connectivity index (χ0n) is 23.8. The van der Waals surface area contributed by atoms with Crippen LogP contribution in [0.5, 0.6) is 0 Å². The highest BCUT2D eigenvalue weighted by Gasteiger charge is 2.30. The molecule has 1 fully saturated rings. The predicted octanol–water partition coefficient (Wildman–Crippen LogP) is 5.61. The van der Waals surface area contributed by atoms with Gasteiger partial charge in [-0.2, -0.15) is 0 Å². The number of nitrogens with one attached hydrogen (secondary N) is 2. The molecule has 0 aliphatic heterocycles. The van der Waals surface area contributed by atoms with Gasteiger partial charge in [0.15, 0.2) is 0 Å². The fraction of sp³-hybridized carbons (Fsp3) is 0.484. The molecule has 3 amide bonds. The number of aliphatic carboxylic acids is 1. The minimum absolute atomic E-state index is 0.0337. The van der Waals surface area contributed by atoms with Crippen LogP contribution >= 0.6 is 23.2 Å². The Morgan fingerprint density at radius 1 is 1.00 bits per heavy atom. The van der Waals surface area contributed by atoms with Gasteiger partial charge in [-0.25, -0.2) is 9.59 Å². The van der Waals surface area contributed by atoms with Gasteiger partial charge >= 0.3 is 12.1 Å². The maximum Gasteiger partial charge on any atom is 0.408 e. The molecule has 1 aliphatic rings. The molecule has 0 spiro atoms. The van der Waals surface area contributed by atoms with E-state index in [1.807, 2.05) is 18.2 Å². The summed E-state index contributed by atoms with van der Waals surface area (Å²) in [5.41, 5.74) is 1.61. The van der Waals surface area contributed by atoms with Gasteiger partial charge in [0.1, 0.15) is 18.7 Å². The summed E-state index contributed by atoms with van der Waals surface area (Å²) < 4.78 is 5.31. The number of amides is 3. The Morgan fingerprint density at radius 3 is 2.43 bits per heavy atom. The first-order valence-electron chi connectivity index (χ1n) is 14.3. The fourth-order valence-electron chi connectivity index (χ4n) is 5.05. The number of nitrogens with zero attached hydrogens (tertiary/aromatic N) is 1. The SMILES string of the molecule is CN(CCc1ccccc1Cl)C(=O)CC[C@H](NC(=O)[C@H](CC1CCCCC1)NC(=O)OCc1cccc(Cl)c1)C(=O)O. The number of carbonyl (C=O) groups is 4. The molecular weight excluding hydrogens is 581 g/mol. The number of benzene rings is 2. The zero-order chi connectivity index (χ0) is 30.5. The Labute approximate surface area is 256 Å². The number of carboxylic acid groups (broad SMARTS) is 1. The lowest BCUT2D eigenvalue weighted by molar-refractivity contribution is -0.142. The fourth-order valence-corrected chi connectivity index (χ4v) is 5.49. The van der Waals surface area contributed by atoms with Crippen LogP contribution in [0.1, 0.15) is 62.5 Å². The van der Waals surface area contributed by atoms with Gasteiger partial charge in [0.05, 0.1) is 0 Å². The molecule has 0 aromatic heterocycles. The van der Waals surface area contributed by atoms with Crippen molar-refractivity contribution in [3.05, 3.63) is 69.7 Å². The molecule has 9 nitrogen and oxygen atoms in total. The first kappa shape index (κ1) is 33.2. The molecule has 0 saturated heterocycles. The molecule has 0 heterocycles. The smallest absolute Gasteiger partial charge is 0.408 e. The van der Waals surface area contributed by atoms with Crippen LogP contribution in [0.25, 0.3) is 0 Å². The molecule has 42 heavy (non-hydrogen) atoms. The molecule has 228 valence electrons. The van der Waals surface area contributed by atoms with E-state index in [2.05, 4.69) is 10.6 Å². The van der Waals surface area contributed by atoms with Crippen molar-refractivity contribution in [2.45, 2.75) is 76.5 Å². The highest BCUT2D eigenvalue weighted by molar-refractivity contribution is 6.31. The number of rotatable bonds is 14. The quantitative estimate of drug-likeness (QED) is 0.252. The first-order chi connectivity index (χ1) is 20.1. The van der Waals surface area contributed by atoms with Gasteiger partial charge in [-0.1, -0.05) is 85.6 Å². The number of hydrogen-bond acceptors (Lipinski definition) is 5. The van der Waals surface area contributed by atoms with Crippen molar-refractivity contribution in [3.63, 3.8) is 0 Å². The van der Waals surface area contributed by atoms with Crippen LogP contribution in [0.3, 0.4) is 0 Å². The Hall–Kier alpha value is -3.30. The Morgan fingerprint density at radius 2 is 1.74 bits per heavy atom. The van der Waals surface area contributed by atoms with Crippen LogP contribution in [0.4, 0.5) is 4.79 Å². The van der Waals surface area contributed by atoms with Crippen LogP contribution in [-0.4, -0.2) is 59.6 Å². The largest absolute Gasteiger partial charge is 0.480 e. The minimum Gasteiger partial charge on any atom is -0.480 e. The lowest BCUT2D eigenvalue weighted by atomic mass is 9.84. The average Bonchev–Trinajstić information content (AvgIpc) is 2.97. The van der Waals surface area contributed by atoms with Crippen molar-refractivity contribution in [2.75, 3.05) is 13.6 Å². The third-order valence-corrected chi connectivity index (χ3v) is 8.13. The van der Waals surface area contributed by atoms with Crippen molar-refractivity contribution >= 4 is 47.1 Å². The summed E-state index contributed by atoms with van der Waals surface area (Å²) in [6, 6.07) is 12.0. The highest BCUT2D eigenvalue weighted by Crippen LogP contribution is 2.27. The van der Waals surface area contributed by atoms with Gasteiger partial charge in [0.2, 0.25) is 11.8 Å². The molecule has 1 saturated carbocycles. The van der Waals surface area contributed by atoms with Crippen LogP contribution in [-0.2, 0) is 32.1 Å². The van der Waals surface area contributed by atoms with Gasteiger partial charge in [0, 0.05) is 30.1 Å². The van der Waals surface area contributed by atoms with E-state index in [4.69, 9.17) is 27.9 Å². The lowest BCUT2D eigenvalue weighted by Crippen LogP contribution is -2.52. The molecule has 3 N–H and O–H groups in total. The molecule has 0 unspecified atom stereocenters. The van der Waals surface area contributed by atoms with Crippen LogP contribution < -0.4 is 10.6 Å². The molecule has 11 heteroatoms. The van der Waals surface area contributed by atoms with Crippen molar-refractivity contribution in [1.82, 2.24) is 15.5 Å². The predicted molar refractivity (Wildman–Crippen MR) is 161 cm³/mol.